The number of piperidine rings is 1. The van der Waals surface area contributed by atoms with E-state index in [9.17, 15) is 18.0 Å². The third kappa shape index (κ3) is 6.43. The van der Waals surface area contributed by atoms with E-state index in [1.807, 2.05) is 12.1 Å². The van der Waals surface area contributed by atoms with Crippen molar-refractivity contribution in [2.75, 3.05) is 44.9 Å². The third-order valence-corrected chi connectivity index (χ3v) is 8.13. The van der Waals surface area contributed by atoms with Crippen LogP contribution in [0.1, 0.15) is 59.9 Å². The minimum absolute atomic E-state index is 0.0140. The second kappa shape index (κ2) is 11.0. The van der Waals surface area contributed by atoms with Crippen LogP contribution in [0, 0.1) is 0 Å². The molecule has 2 aromatic carbocycles. The minimum atomic E-state index is -3.55. The second-order valence-corrected chi connectivity index (χ2v) is 12.3. The number of nitrogens with zero attached hydrogens (tertiary/aromatic N) is 2. The zero-order valence-corrected chi connectivity index (χ0v) is 22.6. The van der Waals surface area contributed by atoms with Gasteiger partial charge in [0.2, 0.25) is 0 Å². The molecule has 3 rings (SSSR count). The summed E-state index contributed by atoms with van der Waals surface area (Å²) in [6, 6.07) is 12.2. The first kappa shape index (κ1) is 27.6. The summed E-state index contributed by atoms with van der Waals surface area (Å²) >= 11 is 0. The van der Waals surface area contributed by atoms with Gasteiger partial charge in [-0.1, -0.05) is 32.9 Å². The summed E-state index contributed by atoms with van der Waals surface area (Å²) in [6.07, 6.45) is 1.41. The van der Waals surface area contributed by atoms with Gasteiger partial charge < -0.3 is 15.4 Å². The summed E-state index contributed by atoms with van der Waals surface area (Å²) in [5, 5.41) is 6.19. The molecule has 1 aliphatic heterocycles. The highest BCUT2D eigenvalue weighted by atomic mass is 32.2. The summed E-state index contributed by atoms with van der Waals surface area (Å²) in [5.74, 6) is -0.796. The first-order valence-corrected chi connectivity index (χ1v) is 13.3. The molecule has 0 radical (unpaired) electrons. The average molecular weight is 517 g/mol. The van der Waals surface area contributed by atoms with E-state index >= 15 is 0 Å². The van der Waals surface area contributed by atoms with E-state index in [1.165, 1.54) is 29.8 Å². The molecule has 196 valence electrons. The number of hydrogen-bond acceptors (Lipinski definition) is 6. The Morgan fingerprint density at radius 1 is 1.08 bits per heavy atom. The van der Waals surface area contributed by atoms with Crippen LogP contribution in [-0.2, 0) is 20.4 Å². The molecule has 9 nitrogen and oxygen atoms in total. The van der Waals surface area contributed by atoms with Crippen LogP contribution in [0.25, 0.3) is 0 Å². The Morgan fingerprint density at radius 2 is 1.75 bits per heavy atom. The van der Waals surface area contributed by atoms with E-state index in [0.717, 1.165) is 12.0 Å². The predicted molar refractivity (Wildman–Crippen MR) is 142 cm³/mol. The van der Waals surface area contributed by atoms with Crippen molar-refractivity contribution in [3.63, 3.8) is 0 Å². The lowest BCUT2D eigenvalue weighted by molar-refractivity contribution is 0.0601. The largest absolute Gasteiger partial charge is 0.465 e. The molecule has 36 heavy (non-hydrogen) atoms. The molecular formula is C26H36N4O5S. The SMILES string of the molecule is COC(=O)c1ccc(NC(=O)c2ccc(C(C)(C)C)cc2)cc1NC1CCCN(S(=O)(=O)N(C)C)C1. The lowest BCUT2D eigenvalue weighted by Gasteiger charge is -2.34. The molecule has 1 heterocycles. The molecule has 0 spiro atoms. The van der Waals surface area contributed by atoms with Crippen molar-refractivity contribution < 1.29 is 22.7 Å². The number of amides is 1. The van der Waals surface area contributed by atoms with E-state index in [1.54, 1.807) is 30.3 Å². The molecule has 1 fully saturated rings. The van der Waals surface area contributed by atoms with Gasteiger partial charge in [-0.25, -0.2) is 4.79 Å². The van der Waals surface area contributed by atoms with E-state index in [4.69, 9.17) is 4.74 Å². The summed E-state index contributed by atoms with van der Waals surface area (Å²) in [4.78, 5) is 25.3. The summed E-state index contributed by atoms with van der Waals surface area (Å²) in [5.41, 5.74) is 2.91. The molecular weight excluding hydrogens is 480 g/mol. The van der Waals surface area contributed by atoms with Gasteiger partial charge in [0.05, 0.1) is 18.4 Å². The Labute approximate surface area is 214 Å². The van der Waals surface area contributed by atoms with E-state index in [2.05, 4.69) is 31.4 Å². The number of hydrogen-bond donors (Lipinski definition) is 2. The molecule has 0 bridgehead atoms. The monoisotopic (exact) mass is 516 g/mol. The van der Waals surface area contributed by atoms with Crippen LogP contribution < -0.4 is 10.6 Å². The molecule has 0 aliphatic carbocycles. The summed E-state index contributed by atoms with van der Waals surface area (Å²) in [6.45, 7) is 7.04. The Bertz CT molecular complexity index is 1200. The van der Waals surface area contributed by atoms with Crippen molar-refractivity contribution in [3.8, 4) is 0 Å². The molecule has 1 aliphatic rings. The molecule has 10 heteroatoms. The van der Waals surface area contributed by atoms with Gasteiger partial charge in [0.25, 0.3) is 16.1 Å². The van der Waals surface area contributed by atoms with Crippen molar-refractivity contribution in [2.45, 2.75) is 45.1 Å². The van der Waals surface area contributed by atoms with Gasteiger partial charge in [-0.05, 0) is 54.2 Å². The molecule has 1 atom stereocenters. The van der Waals surface area contributed by atoms with Crippen molar-refractivity contribution in [2.24, 2.45) is 0 Å². The number of nitrogens with one attached hydrogen (secondary N) is 2. The standard InChI is InChI=1S/C26H36N4O5S/c1-26(2,3)19-11-9-18(10-12-19)24(31)28-20-13-14-22(25(32)35-6)23(16-20)27-21-8-7-15-30(17-21)36(33,34)29(4)5/h9-14,16,21,27H,7-8,15,17H2,1-6H3,(H,28,31). The van der Waals surface area contributed by atoms with E-state index < -0.39 is 16.2 Å². The average Bonchev–Trinajstić information content (AvgIpc) is 2.83. The molecule has 1 amide bonds. The lowest BCUT2D eigenvalue weighted by atomic mass is 9.87. The highest BCUT2D eigenvalue weighted by Gasteiger charge is 2.31. The van der Waals surface area contributed by atoms with Crippen LogP contribution in [0.15, 0.2) is 42.5 Å². The van der Waals surface area contributed by atoms with Crippen LogP contribution >= 0.6 is 0 Å². The van der Waals surface area contributed by atoms with Crippen LogP contribution in [0.2, 0.25) is 0 Å². The maximum Gasteiger partial charge on any atom is 0.339 e. The fourth-order valence-corrected chi connectivity index (χ4v) is 5.26. The zero-order valence-electron chi connectivity index (χ0n) is 21.8. The minimum Gasteiger partial charge on any atom is -0.465 e. The van der Waals surface area contributed by atoms with Gasteiger partial charge in [-0.15, -0.1) is 0 Å². The molecule has 0 aromatic heterocycles. The van der Waals surface area contributed by atoms with Crippen molar-refractivity contribution in [3.05, 3.63) is 59.2 Å². The predicted octanol–water partition coefficient (Wildman–Crippen LogP) is 3.71. The van der Waals surface area contributed by atoms with Crippen LogP contribution in [0.4, 0.5) is 11.4 Å². The fourth-order valence-electron chi connectivity index (χ4n) is 4.07. The van der Waals surface area contributed by atoms with Gasteiger partial charge in [-0.3, -0.25) is 4.79 Å². The van der Waals surface area contributed by atoms with Gasteiger partial charge >= 0.3 is 5.97 Å². The Hall–Kier alpha value is -2.95. The first-order valence-electron chi connectivity index (χ1n) is 11.9. The van der Waals surface area contributed by atoms with Crippen molar-refractivity contribution in [1.82, 2.24) is 8.61 Å². The Balaban J connectivity index is 1.81. The number of anilines is 2. The smallest absolute Gasteiger partial charge is 0.339 e. The number of esters is 1. The van der Waals surface area contributed by atoms with E-state index in [-0.39, 0.29) is 23.9 Å². The highest BCUT2D eigenvalue weighted by molar-refractivity contribution is 7.86. The Kier molecular flexibility index (Phi) is 8.43. The van der Waals surface area contributed by atoms with E-state index in [0.29, 0.717) is 35.5 Å². The molecule has 0 saturated carbocycles. The van der Waals surface area contributed by atoms with Gasteiger partial charge in [0, 0.05) is 44.5 Å². The summed E-state index contributed by atoms with van der Waals surface area (Å²) < 4.78 is 32.7. The molecule has 2 aromatic rings. The number of ether oxygens (including phenoxy) is 1. The van der Waals surface area contributed by atoms with Crippen molar-refractivity contribution >= 4 is 33.5 Å². The van der Waals surface area contributed by atoms with Gasteiger partial charge in [-0.2, -0.15) is 17.0 Å². The number of carbonyl (C=O) groups excluding carboxylic acids is 2. The van der Waals surface area contributed by atoms with Crippen LogP contribution in [0.5, 0.6) is 0 Å². The fraction of sp³-hybridized carbons (Fsp3) is 0.462. The Morgan fingerprint density at radius 3 is 2.33 bits per heavy atom. The number of carbonyl (C=O) groups is 2. The van der Waals surface area contributed by atoms with Crippen LogP contribution in [-0.4, -0.2) is 69.2 Å². The first-order chi connectivity index (χ1) is 16.8. The normalized spacial score (nSPS) is 17.0. The molecule has 1 unspecified atom stereocenters. The zero-order chi connectivity index (χ0) is 26.7. The maximum absolute atomic E-state index is 12.9. The molecule has 2 N–H and O–H groups in total. The second-order valence-electron chi connectivity index (χ2n) is 10.2. The topological polar surface area (TPSA) is 108 Å². The van der Waals surface area contributed by atoms with Gasteiger partial charge in [0.15, 0.2) is 0 Å². The lowest BCUT2D eigenvalue weighted by Crippen LogP contribution is -2.49. The van der Waals surface area contributed by atoms with Crippen LogP contribution in [0.3, 0.4) is 0 Å². The number of methoxy groups -OCH3 is 1. The molecule has 1 saturated heterocycles. The summed E-state index contributed by atoms with van der Waals surface area (Å²) in [7, 11) is 0.764. The van der Waals surface area contributed by atoms with Crippen molar-refractivity contribution in [1.29, 1.82) is 0 Å². The number of rotatable bonds is 7. The maximum atomic E-state index is 12.9. The quantitative estimate of drug-likeness (QED) is 0.544. The number of benzene rings is 2. The highest BCUT2D eigenvalue weighted by Crippen LogP contribution is 2.27. The van der Waals surface area contributed by atoms with Gasteiger partial charge in [0.1, 0.15) is 0 Å². The third-order valence-electron chi connectivity index (χ3n) is 6.23.